The average Bonchev–Trinajstić information content (AvgIpc) is 2.12. The lowest BCUT2D eigenvalue weighted by Gasteiger charge is -1.86. The summed E-state index contributed by atoms with van der Waals surface area (Å²) in [6, 6.07) is 0. The van der Waals surface area contributed by atoms with E-state index >= 15 is 0 Å². The molecular weight excluding hydrogens is 158 g/mol. The molecule has 0 bridgehead atoms. The van der Waals surface area contributed by atoms with E-state index in [1.807, 2.05) is 44.2 Å². The average molecular weight is 175 g/mol. The molecule has 0 rings (SSSR count). The van der Waals surface area contributed by atoms with E-state index in [0.717, 1.165) is 5.71 Å². The van der Waals surface area contributed by atoms with Crippen molar-refractivity contribution >= 4 is 5.71 Å². The Morgan fingerprint density at radius 1 is 1.15 bits per heavy atom. The fourth-order valence-electron chi connectivity index (χ4n) is 0.718. The minimum Gasteiger partial charge on any atom is -0.293 e. The summed E-state index contributed by atoms with van der Waals surface area (Å²) in [6.45, 7) is 7.63. The van der Waals surface area contributed by atoms with Crippen molar-refractivity contribution in [2.45, 2.75) is 13.8 Å². The second kappa shape index (κ2) is 7.29. The Morgan fingerprint density at radius 3 is 2.31 bits per heavy atom. The molecule has 0 radical (unpaired) electrons. The molecule has 0 aliphatic heterocycles. The zero-order chi connectivity index (χ0) is 10.1. The first-order valence-corrected chi connectivity index (χ1v) is 4.28. The van der Waals surface area contributed by atoms with Crippen LogP contribution in [-0.2, 0) is 0 Å². The maximum absolute atomic E-state index is 4.01. The number of hydrogen-bond acceptors (Lipinski definition) is 1. The third-order valence-electron chi connectivity index (χ3n) is 1.54. The summed E-state index contributed by atoms with van der Waals surface area (Å²) in [6.07, 6.45) is 11.7. The lowest BCUT2D eigenvalue weighted by molar-refractivity contribution is 1.43. The molecule has 0 atom stereocenters. The van der Waals surface area contributed by atoms with Crippen molar-refractivity contribution in [1.82, 2.24) is 0 Å². The molecule has 1 nitrogen and oxygen atoms in total. The molecule has 13 heavy (non-hydrogen) atoms. The highest BCUT2D eigenvalue weighted by atomic mass is 14.7. The SMILES string of the molecule is C=C/C=C(C)/C=C\C=C/C(C)=N/C. The van der Waals surface area contributed by atoms with Crippen LogP contribution in [0.15, 0.2) is 53.6 Å². The number of hydrogen-bond donors (Lipinski definition) is 0. The van der Waals surface area contributed by atoms with Crippen LogP contribution in [-0.4, -0.2) is 12.8 Å². The van der Waals surface area contributed by atoms with E-state index in [1.54, 1.807) is 13.1 Å². The minimum absolute atomic E-state index is 1.02. The van der Waals surface area contributed by atoms with Crippen LogP contribution in [0.5, 0.6) is 0 Å². The number of nitrogens with zero attached hydrogens (tertiary/aromatic N) is 1. The van der Waals surface area contributed by atoms with Crippen LogP contribution < -0.4 is 0 Å². The highest BCUT2D eigenvalue weighted by Gasteiger charge is 1.77. The van der Waals surface area contributed by atoms with Crippen molar-refractivity contribution < 1.29 is 0 Å². The Balaban J connectivity index is 4.09. The molecule has 0 heterocycles. The van der Waals surface area contributed by atoms with Gasteiger partial charge in [0.05, 0.1) is 0 Å². The summed E-state index contributed by atoms with van der Waals surface area (Å²) in [5.41, 5.74) is 2.21. The first-order valence-electron chi connectivity index (χ1n) is 4.28. The van der Waals surface area contributed by atoms with E-state index in [4.69, 9.17) is 0 Å². The number of rotatable bonds is 4. The Hall–Kier alpha value is -1.37. The van der Waals surface area contributed by atoms with Gasteiger partial charge in [0.1, 0.15) is 0 Å². The van der Waals surface area contributed by atoms with Gasteiger partial charge in [0.25, 0.3) is 0 Å². The fourth-order valence-corrected chi connectivity index (χ4v) is 0.718. The molecule has 0 saturated heterocycles. The van der Waals surface area contributed by atoms with Crippen molar-refractivity contribution in [3.05, 3.63) is 48.6 Å². The standard InChI is InChI=1S/C12H17N/c1-5-8-11(2)9-6-7-10-12(3)13-4/h5-10H,1H2,2-4H3/b9-6-,10-7-,11-8+,13-12+. The topological polar surface area (TPSA) is 12.4 Å². The van der Waals surface area contributed by atoms with Gasteiger partial charge in [0.2, 0.25) is 0 Å². The highest BCUT2D eigenvalue weighted by Crippen LogP contribution is 1.94. The van der Waals surface area contributed by atoms with Gasteiger partial charge in [0, 0.05) is 12.8 Å². The molecule has 70 valence electrons. The molecule has 1 heteroatoms. The molecule has 0 aromatic carbocycles. The van der Waals surface area contributed by atoms with E-state index in [0.29, 0.717) is 0 Å². The first kappa shape index (κ1) is 11.6. The summed E-state index contributed by atoms with van der Waals surface area (Å²) in [5.74, 6) is 0. The third kappa shape index (κ3) is 7.01. The van der Waals surface area contributed by atoms with Crippen LogP contribution in [0.2, 0.25) is 0 Å². The zero-order valence-electron chi connectivity index (χ0n) is 8.62. The molecule has 0 fully saturated rings. The van der Waals surface area contributed by atoms with Gasteiger partial charge in [-0.05, 0) is 19.9 Å². The monoisotopic (exact) mass is 175 g/mol. The van der Waals surface area contributed by atoms with Gasteiger partial charge < -0.3 is 0 Å². The predicted octanol–water partition coefficient (Wildman–Crippen LogP) is 3.32. The fraction of sp³-hybridized carbons (Fsp3) is 0.250. The van der Waals surface area contributed by atoms with Crippen molar-refractivity contribution in [3.8, 4) is 0 Å². The van der Waals surface area contributed by atoms with Crippen molar-refractivity contribution in [2.24, 2.45) is 4.99 Å². The first-order chi connectivity index (χ1) is 6.20. The predicted molar refractivity (Wildman–Crippen MR) is 61.3 cm³/mol. The molecule has 0 saturated carbocycles. The molecule has 0 amide bonds. The zero-order valence-corrected chi connectivity index (χ0v) is 8.62. The van der Waals surface area contributed by atoms with Crippen LogP contribution in [0.1, 0.15) is 13.8 Å². The maximum Gasteiger partial charge on any atom is 0.0313 e. The van der Waals surface area contributed by atoms with E-state index in [-0.39, 0.29) is 0 Å². The Kier molecular flexibility index (Phi) is 6.52. The summed E-state index contributed by atoms with van der Waals surface area (Å²) in [5, 5.41) is 0. The molecule has 0 aliphatic rings. The maximum atomic E-state index is 4.01. The molecular formula is C12H17N. The minimum atomic E-state index is 1.02. The molecule has 0 aliphatic carbocycles. The van der Waals surface area contributed by atoms with E-state index in [2.05, 4.69) is 11.6 Å². The van der Waals surface area contributed by atoms with Gasteiger partial charge >= 0.3 is 0 Å². The molecule has 0 unspecified atom stereocenters. The van der Waals surface area contributed by atoms with Crippen molar-refractivity contribution in [3.63, 3.8) is 0 Å². The summed E-state index contributed by atoms with van der Waals surface area (Å²) in [4.78, 5) is 4.01. The Labute approximate surface area is 80.9 Å². The quantitative estimate of drug-likeness (QED) is 0.459. The van der Waals surface area contributed by atoms with Gasteiger partial charge in [-0.15, -0.1) is 0 Å². The smallest absolute Gasteiger partial charge is 0.0313 e. The van der Waals surface area contributed by atoms with Gasteiger partial charge in [0.15, 0.2) is 0 Å². The van der Waals surface area contributed by atoms with Gasteiger partial charge in [-0.25, -0.2) is 0 Å². The molecule has 0 N–H and O–H groups in total. The normalized spacial score (nSPS) is 14.4. The van der Waals surface area contributed by atoms with Crippen LogP contribution in [0.4, 0.5) is 0 Å². The summed E-state index contributed by atoms with van der Waals surface area (Å²) < 4.78 is 0. The van der Waals surface area contributed by atoms with Crippen LogP contribution >= 0.6 is 0 Å². The van der Waals surface area contributed by atoms with Crippen molar-refractivity contribution in [2.75, 3.05) is 7.05 Å². The van der Waals surface area contributed by atoms with Gasteiger partial charge in [-0.3, -0.25) is 4.99 Å². The second-order valence-electron chi connectivity index (χ2n) is 2.73. The summed E-state index contributed by atoms with van der Waals surface area (Å²) in [7, 11) is 1.78. The largest absolute Gasteiger partial charge is 0.293 e. The molecule has 0 spiro atoms. The second-order valence-corrected chi connectivity index (χ2v) is 2.73. The Morgan fingerprint density at radius 2 is 1.77 bits per heavy atom. The summed E-state index contributed by atoms with van der Waals surface area (Å²) >= 11 is 0. The lowest BCUT2D eigenvalue weighted by atomic mass is 10.2. The van der Waals surface area contributed by atoms with E-state index in [9.17, 15) is 0 Å². The van der Waals surface area contributed by atoms with Gasteiger partial charge in [-0.2, -0.15) is 0 Å². The third-order valence-corrected chi connectivity index (χ3v) is 1.54. The van der Waals surface area contributed by atoms with Crippen LogP contribution in [0.3, 0.4) is 0 Å². The van der Waals surface area contributed by atoms with E-state index in [1.165, 1.54) is 5.57 Å². The molecule has 0 aromatic rings. The molecule has 0 aromatic heterocycles. The van der Waals surface area contributed by atoms with Crippen molar-refractivity contribution in [1.29, 1.82) is 0 Å². The Bertz CT molecular complexity index is 265. The van der Waals surface area contributed by atoms with Crippen LogP contribution in [0.25, 0.3) is 0 Å². The highest BCUT2D eigenvalue weighted by molar-refractivity contribution is 5.92. The lowest BCUT2D eigenvalue weighted by Crippen LogP contribution is -1.80. The van der Waals surface area contributed by atoms with E-state index < -0.39 is 0 Å². The number of aliphatic imine (C=N–C) groups is 1. The number of allylic oxidation sites excluding steroid dienone is 7. The van der Waals surface area contributed by atoms with Gasteiger partial charge in [-0.1, -0.05) is 42.5 Å². The van der Waals surface area contributed by atoms with Crippen LogP contribution in [0, 0.1) is 0 Å².